The summed E-state index contributed by atoms with van der Waals surface area (Å²) < 4.78 is 1.77. The van der Waals surface area contributed by atoms with Crippen molar-refractivity contribution in [2.45, 2.75) is 26.3 Å². The molecule has 0 N–H and O–H groups in total. The summed E-state index contributed by atoms with van der Waals surface area (Å²) in [5, 5.41) is 0. The third-order valence-electron chi connectivity index (χ3n) is 4.85. The molecule has 0 bridgehead atoms. The van der Waals surface area contributed by atoms with Gasteiger partial charge in [-0.3, -0.25) is 14.3 Å². The number of fused-ring (bicyclic) bond motifs is 1. The quantitative estimate of drug-likeness (QED) is 0.712. The van der Waals surface area contributed by atoms with Crippen LogP contribution in [0.4, 0.5) is 5.95 Å². The second kappa shape index (κ2) is 7.12. The van der Waals surface area contributed by atoms with E-state index in [-0.39, 0.29) is 5.56 Å². The van der Waals surface area contributed by atoms with E-state index in [2.05, 4.69) is 41.1 Å². The lowest BCUT2D eigenvalue weighted by Crippen LogP contribution is -2.24. The summed E-state index contributed by atoms with van der Waals surface area (Å²) in [4.78, 5) is 23.5. The molecule has 26 heavy (non-hydrogen) atoms. The van der Waals surface area contributed by atoms with Crippen LogP contribution in [0.25, 0.3) is 11.3 Å². The molecule has 0 amide bonds. The highest BCUT2D eigenvalue weighted by Gasteiger charge is 2.22. The van der Waals surface area contributed by atoms with E-state index in [0.717, 1.165) is 37.4 Å². The average Bonchev–Trinajstić information content (AvgIpc) is 3.08. The van der Waals surface area contributed by atoms with Crippen LogP contribution >= 0.6 is 0 Å². The average molecular weight is 346 g/mol. The van der Waals surface area contributed by atoms with Crippen molar-refractivity contribution in [1.82, 2.24) is 14.5 Å². The Labute approximate surface area is 153 Å². The minimum absolute atomic E-state index is 0.0165. The van der Waals surface area contributed by atoms with Crippen molar-refractivity contribution < 1.29 is 0 Å². The number of anilines is 1. The van der Waals surface area contributed by atoms with Gasteiger partial charge in [-0.25, -0.2) is 4.98 Å². The first-order valence-electron chi connectivity index (χ1n) is 9.03. The van der Waals surface area contributed by atoms with Gasteiger partial charge in [0.25, 0.3) is 5.56 Å². The topological polar surface area (TPSA) is 51.0 Å². The highest BCUT2D eigenvalue weighted by Crippen LogP contribution is 2.22. The molecule has 0 unspecified atom stereocenters. The van der Waals surface area contributed by atoms with Gasteiger partial charge in [0.2, 0.25) is 5.95 Å². The summed E-state index contributed by atoms with van der Waals surface area (Å²) in [5.41, 5.74) is 4.30. The highest BCUT2D eigenvalue weighted by atomic mass is 16.1. The van der Waals surface area contributed by atoms with Crippen LogP contribution in [0.1, 0.15) is 17.5 Å². The first-order chi connectivity index (χ1) is 12.7. The third-order valence-corrected chi connectivity index (χ3v) is 4.85. The number of benzene rings is 1. The molecule has 1 aromatic carbocycles. The Morgan fingerprint density at radius 3 is 2.58 bits per heavy atom. The largest absolute Gasteiger partial charge is 0.340 e. The Morgan fingerprint density at radius 2 is 1.81 bits per heavy atom. The van der Waals surface area contributed by atoms with Crippen molar-refractivity contribution in [3.05, 3.63) is 76.3 Å². The van der Waals surface area contributed by atoms with Crippen LogP contribution in [0.15, 0.2) is 59.7 Å². The number of hydrogen-bond acceptors (Lipinski definition) is 4. The van der Waals surface area contributed by atoms with Crippen LogP contribution in [0.3, 0.4) is 0 Å². The van der Waals surface area contributed by atoms with Crippen LogP contribution < -0.4 is 10.5 Å². The normalized spacial score (nSPS) is 13.0. The number of pyridine rings is 1. The highest BCUT2D eigenvalue weighted by molar-refractivity contribution is 5.59. The molecule has 4 rings (SSSR count). The van der Waals surface area contributed by atoms with Crippen LogP contribution in [0.2, 0.25) is 0 Å². The fraction of sp³-hybridized carbons (Fsp3) is 0.286. The number of nitrogens with zero attached hydrogens (tertiary/aromatic N) is 4. The molecule has 3 aromatic rings. The summed E-state index contributed by atoms with van der Waals surface area (Å²) in [5.74, 6) is 0.785. The zero-order valence-corrected chi connectivity index (χ0v) is 14.9. The molecule has 0 saturated carbocycles. The van der Waals surface area contributed by atoms with Gasteiger partial charge in [-0.2, -0.15) is 0 Å². The summed E-state index contributed by atoms with van der Waals surface area (Å²) in [6.45, 7) is 4.56. The standard InChI is InChI=1S/C21H22N4O/c1-16-4-6-17(7-5-16)3-2-12-24-13-14-25-20(26)15-19(23-21(24)25)18-8-10-22-11-9-18/h4-11,15H,2-3,12-14H2,1H3. The molecule has 2 aromatic heterocycles. The second-order valence-electron chi connectivity index (χ2n) is 6.74. The Bertz CT molecular complexity index is 948. The summed E-state index contributed by atoms with van der Waals surface area (Å²) in [6, 6.07) is 14.1. The molecule has 0 fully saturated rings. The van der Waals surface area contributed by atoms with Crippen molar-refractivity contribution in [2.24, 2.45) is 0 Å². The first kappa shape index (κ1) is 16.5. The first-order valence-corrected chi connectivity index (χ1v) is 9.03. The Kier molecular flexibility index (Phi) is 4.52. The number of aryl methyl sites for hydroxylation is 2. The Hall–Kier alpha value is -2.95. The fourth-order valence-electron chi connectivity index (χ4n) is 3.38. The van der Waals surface area contributed by atoms with Crippen molar-refractivity contribution in [3.8, 4) is 11.3 Å². The molecule has 1 aliphatic heterocycles. The molecule has 0 radical (unpaired) electrons. The van der Waals surface area contributed by atoms with E-state index >= 15 is 0 Å². The van der Waals surface area contributed by atoms with Crippen LogP contribution in [-0.2, 0) is 13.0 Å². The molecule has 0 atom stereocenters. The van der Waals surface area contributed by atoms with E-state index in [4.69, 9.17) is 4.98 Å². The van der Waals surface area contributed by atoms with Crippen molar-refractivity contribution in [2.75, 3.05) is 18.0 Å². The van der Waals surface area contributed by atoms with Gasteiger partial charge in [0.05, 0.1) is 5.69 Å². The lowest BCUT2D eigenvalue weighted by molar-refractivity contribution is 0.727. The number of aromatic nitrogens is 3. The van der Waals surface area contributed by atoms with E-state index < -0.39 is 0 Å². The Morgan fingerprint density at radius 1 is 1.04 bits per heavy atom. The van der Waals surface area contributed by atoms with Gasteiger partial charge in [-0.15, -0.1) is 0 Å². The zero-order chi connectivity index (χ0) is 17.9. The zero-order valence-electron chi connectivity index (χ0n) is 14.9. The van der Waals surface area contributed by atoms with Gasteiger partial charge < -0.3 is 4.90 Å². The summed E-state index contributed by atoms with van der Waals surface area (Å²) in [6.07, 6.45) is 5.52. The van der Waals surface area contributed by atoms with Gasteiger partial charge in [0.15, 0.2) is 0 Å². The maximum Gasteiger partial charge on any atom is 0.255 e. The molecule has 5 heteroatoms. The molecule has 1 aliphatic rings. The molecular formula is C21H22N4O. The molecular weight excluding hydrogens is 324 g/mol. The SMILES string of the molecule is Cc1ccc(CCCN2CCn3c2nc(-c2ccncc2)cc3=O)cc1. The lowest BCUT2D eigenvalue weighted by Gasteiger charge is -2.17. The minimum atomic E-state index is 0.0165. The lowest BCUT2D eigenvalue weighted by atomic mass is 10.1. The summed E-state index contributed by atoms with van der Waals surface area (Å²) >= 11 is 0. The van der Waals surface area contributed by atoms with Gasteiger partial charge in [-0.1, -0.05) is 29.8 Å². The van der Waals surface area contributed by atoms with E-state index in [0.29, 0.717) is 12.2 Å². The number of hydrogen-bond donors (Lipinski definition) is 0. The van der Waals surface area contributed by atoms with Gasteiger partial charge >= 0.3 is 0 Å². The predicted octanol–water partition coefficient (Wildman–Crippen LogP) is 3.07. The van der Waals surface area contributed by atoms with E-state index in [1.165, 1.54) is 11.1 Å². The molecule has 0 spiro atoms. The van der Waals surface area contributed by atoms with E-state index in [9.17, 15) is 4.79 Å². The maximum atomic E-state index is 12.5. The van der Waals surface area contributed by atoms with E-state index in [1.807, 2.05) is 12.1 Å². The molecule has 5 nitrogen and oxygen atoms in total. The van der Waals surface area contributed by atoms with Crippen LogP contribution in [0, 0.1) is 6.92 Å². The predicted molar refractivity (Wildman–Crippen MR) is 103 cm³/mol. The van der Waals surface area contributed by atoms with Gasteiger partial charge in [-0.05, 0) is 37.5 Å². The van der Waals surface area contributed by atoms with Gasteiger partial charge in [0, 0.05) is 43.7 Å². The maximum absolute atomic E-state index is 12.5. The van der Waals surface area contributed by atoms with Crippen LogP contribution in [-0.4, -0.2) is 27.6 Å². The molecule has 132 valence electrons. The van der Waals surface area contributed by atoms with Crippen molar-refractivity contribution in [3.63, 3.8) is 0 Å². The monoisotopic (exact) mass is 346 g/mol. The smallest absolute Gasteiger partial charge is 0.255 e. The molecule has 0 aliphatic carbocycles. The fourth-order valence-corrected chi connectivity index (χ4v) is 3.38. The molecule has 0 saturated heterocycles. The van der Waals surface area contributed by atoms with E-state index in [1.54, 1.807) is 23.0 Å². The summed E-state index contributed by atoms with van der Waals surface area (Å²) in [7, 11) is 0. The Balaban J connectivity index is 1.50. The molecule has 3 heterocycles. The second-order valence-corrected chi connectivity index (χ2v) is 6.74. The van der Waals surface area contributed by atoms with Crippen molar-refractivity contribution >= 4 is 5.95 Å². The van der Waals surface area contributed by atoms with Gasteiger partial charge in [0.1, 0.15) is 0 Å². The third kappa shape index (κ3) is 3.38. The van der Waals surface area contributed by atoms with Crippen molar-refractivity contribution in [1.29, 1.82) is 0 Å². The number of rotatable bonds is 5. The van der Waals surface area contributed by atoms with Crippen LogP contribution in [0.5, 0.6) is 0 Å². The minimum Gasteiger partial charge on any atom is -0.340 e.